The Balaban J connectivity index is 1.63. The standard InChI is InChI=1S/C28H26N4O2S/c1-4-19-9-8-12-22(17-19)32-18(2)24(25(29-28(32)35)20-10-6-5-7-11-20)27-30-26(31-34-27)21-13-15-23(33-3)16-14-21/h5-17,25H,4H2,1-3H3,(H,29,35). The third-order valence-corrected chi connectivity index (χ3v) is 6.50. The van der Waals surface area contributed by atoms with Crippen molar-refractivity contribution in [2.24, 2.45) is 0 Å². The molecule has 4 aromatic rings. The highest BCUT2D eigenvalue weighted by atomic mass is 32.1. The lowest BCUT2D eigenvalue weighted by Crippen LogP contribution is -2.46. The van der Waals surface area contributed by atoms with Gasteiger partial charge in [0.2, 0.25) is 5.82 Å². The van der Waals surface area contributed by atoms with E-state index in [1.807, 2.05) is 54.3 Å². The van der Waals surface area contributed by atoms with Gasteiger partial charge in [-0.3, -0.25) is 4.90 Å². The number of rotatable bonds is 6. The summed E-state index contributed by atoms with van der Waals surface area (Å²) in [6, 6.07) is 25.9. The average molecular weight is 483 g/mol. The molecule has 1 aliphatic rings. The highest BCUT2D eigenvalue weighted by molar-refractivity contribution is 7.80. The third kappa shape index (κ3) is 4.42. The summed E-state index contributed by atoms with van der Waals surface area (Å²) in [4.78, 5) is 6.83. The number of anilines is 1. The molecule has 3 aromatic carbocycles. The minimum absolute atomic E-state index is 0.224. The largest absolute Gasteiger partial charge is 0.497 e. The van der Waals surface area contributed by atoms with Crippen molar-refractivity contribution in [2.45, 2.75) is 26.3 Å². The second-order valence-corrected chi connectivity index (χ2v) is 8.69. The Morgan fingerprint density at radius 1 is 1.03 bits per heavy atom. The van der Waals surface area contributed by atoms with E-state index in [-0.39, 0.29) is 6.04 Å². The SMILES string of the molecule is CCc1cccc(N2C(=S)NC(c3ccccc3)C(c3nc(-c4ccc(OC)cc4)no3)=C2C)c1. The van der Waals surface area contributed by atoms with Gasteiger partial charge in [0, 0.05) is 16.9 Å². The number of allylic oxidation sites excluding steroid dienone is 1. The van der Waals surface area contributed by atoms with Gasteiger partial charge in [-0.15, -0.1) is 0 Å². The van der Waals surface area contributed by atoms with Crippen LogP contribution < -0.4 is 15.0 Å². The quantitative estimate of drug-likeness (QED) is 0.330. The fraction of sp³-hybridized carbons (Fsp3) is 0.179. The summed E-state index contributed by atoms with van der Waals surface area (Å²) in [6.45, 7) is 4.19. The van der Waals surface area contributed by atoms with Crippen LogP contribution in [0.4, 0.5) is 5.69 Å². The number of benzene rings is 3. The van der Waals surface area contributed by atoms with Crippen molar-refractivity contribution in [3.05, 3.63) is 102 Å². The van der Waals surface area contributed by atoms with E-state index in [2.05, 4.69) is 53.8 Å². The van der Waals surface area contributed by atoms with Gasteiger partial charge in [0.25, 0.3) is 5.89 Å². The van der Waals surface area contributed by atoms with Crippen LogP contribution in [-0.4, -0.2) is 22.4 Å². The van der Waals surface area contributed by atoms with Crippen LogP contribution in [0.3, 0.4) is 0 Å². The normalized spacial score (nSPS) is 15.8. The van der Waals surface area contributed by atoms with Crippen molar-refractivity contribution in [3.63, 3.8) is 0 Å². The number of methoxy groups -OCH3 is 1. The summed E-state index contributed by atoms with van der Waals surface area (Å²) in [7, 11) is 1.64. The first-order chi connectivity index (χ1) is 17.1. The first-order valence-electron chi connectivity index (χ1n) is 11.5. The molecule has 1 unspecified atom stereocenters. The van der Waals surface area contributed by atoms with Crippen LogP contribution in [0.15, 0.2) is 89.1 Å². The van der Waals surface area contributed by atoms with Gasteiger partial charge in [-0.25, -0.2) is 0 Å². The maximum absolute atomic E-state index is 5.85. The predicted octanol–water partition coefficient (Wildman–Crippen LogP) is 6.17. The Kier molecular flexibility index (Phi) is 6.33. The molecule has 0 bridgehead atoms. The van der Waals surface area contributed by atoms with Gasteiger partial charge in [0.05, 0.1) is 18.7 Å². The fourth-order valence-electron chi connectivity index (χ4n) is 4.33. The molecule has 1 aliphatic heterocycles. The molecule has 0 spiro atoms. The molecule has 0 fully saturated rings. The Morgan fingerprint density at radius 2 is 1.80 bits per heavy atom. The number of ether oxygens (including phenoxy) is 1. The molecule has 1 aromatic heterocycles. The number of thiocarbonyl (C=S) groups is 1. The van der Waals surface area contributed by atoms with Crippen LogP contribution in [0.5, 0.6) is 5.75 Å². The number of hydrogen-bond acceptors (Lipinski definition) is 5. The molecule has 0 saturated carbocycles. The Morgan fingerprint density at radius 3 is 2.51 bits per heavy atom. The first-order valence-corrected chi connectivity index (χ1v) is 11.9. The number of nitrogens with one attached hydrogen (secondary N) is 1. The van der Waals surface area contributed by atoms with Crippen LogP contribution in [0.2, 0.25) is 0 Å². The lowest BCUT2D eigenvalue weighted by Gasteiger charge is -2.37. The van der Waals surface area contributed by atoms with Gasteiger partial charge in [-0.1, -0.05) is 54.5 Å². The molecule has 7 heteroatoms. The molecule has 2 heterocycles. The van der Waals surface area contributed by atoms with Gasteiger partial charge in [0.15, 0.2) is 5.11 Å². The zero-order valence-corrected chi connectivity index (χ0v) is 20.7. The average Bonchev–Trinajstić information content (AvgIpc) is 3.39. The molecular weight excluding hydrogens is 456 g/mol. The minimum Gasteiger partial charge on any atom is -0.497 e. The van der Waals surface area contributed by atoms with Gasteiger partial charge >= 0.3 is 0 Å². The molecule has 6 nitrogen and oxygen atoms in total. The van der Waals surface area contributed by atoms with Crippen molar-refractivity contribution in [2.75, 3.05) is 12.0 Å². The van der Waals surface area contributed by atoms with Gasteiger partial charge in [-0.05, 0) is 73.1 Å². The summed E-state index contributed by atoms with van der Waals surface area (Å²) in [5.41, 5.74) is 5.99. The predicted molar refractivity (Wildman–Crippen MR) is 142 cm³/mol. The summed E-state index contributed by atoms with van der Waals surface area (Å²) in [6.07, 6.45) is 0.943. The molecule has 0 aliphatic carbocycles. The maximum atomic E-state index is 5.85. The molecule has 1 N–H and O–H groups in total. The second kappa shape index (κ2) is 9.72. The smallest absolute Gasteiger partial charge is 0.258 e. The van der Waals surface area contributed by atoms with E-state index in [4.69, 9.17) is 26.5 Å². The molecule has 35 heavy (non-hydrogen) atoms. The van der Waals surface area contributed by atoms with E-state index in [1.54, 1.807) is 7.11 Å². The zero-order valence-electron chi connectivity index (χ0n) is 19.9. The molecule has 0 amide bonds. The lowest BCUT2D eigenvalue weighted by atomic mass is 9.94. The van der Waals surface area contributed by atoms with Gasteiger partial charge < -0.3 is 14.6 Å². The summed E-state index contributed by atoms with van der Waals surface area (Å²) in [5.74, 6) is 1.74. The van der Waals surface area contributed by atoms with E-state index < -0.39 is 0 Å². The molecule has 176 valence electrons. The van der Waals surface area contributed by atoms with Crippen molar-refractivity contribution in [3.8, 4) is 17.1 Å². The lowest BCUT2D eigenvalue weighted by molar-refractivity contribution is 0.404. The highest BCUT2D eigenvalue weighted by Gasteiger charge is 2.34. The maximum Gasteiger partial charge on any atom is 0.258 e. The molecular formula is C28H26N4O2S. The zero-order chi connectivity index (χ0) is 24.4. The number of nitrogens with zero attached hydrogens (tertiary/aromatic N) is 3. The van der Waals surface area contributed by atoms with Crippen LogP contribution in [0.25, 0.3) is 17.0 Å². The van der Waals surface area contributed by atoms with Crippen molar-refractivity contribution < 1.29 is 9.26 Å². The summed E-state index contributed by atoms with van der Waals surface area (Å²) in [5, 5.41) is 8.43. The van der Waals surface area contributed by atoms with E-state index in [1.165, 1.54) is 5.56 Å². The fourth-order valence-corrected chi connectivity index (χ4v) is 4.69. The second-order valence-electron chi connectivity index (χ2n) is 8.30. The Hall–Kier alpha value is -3.97. The number of aromatic nitrogens is 2. The number of aryl methyl sites for hydroxylation is 1. The van der Waals surface area contributed by atoms with Crippen LogP contribution >= 0.6 is 12.2 Å². The Labute approximate surface area is 210 Å². The molecule has 0 saturated heterocycles. The monoisotopic (exact) mass is 482 g/mol. The molecule has 5 rings (SSSR count). The van der Waals surface area contributed by atoms with E-state index in [0.717, 1.165) is 40.3 Å². The summed E-state index contributed by atoms with van der Waals surface area (Å²) >= 11 is 5.85. The van der Waals surface area contributed by atoms with Crippen LogP contribution in [0.1, 0.15) is 36.9 Å². The van der Waals surface area contributed by atoms with Crippen LogP contribution in [0, 0.1) is 0 Å². The topological polar surface area (TPSA) is 63.4 Å². The Bertz CT molecular complexity index is 1380. The number of hydrogen-bond donors (Lipinski definition) is 1. The van der Waals surface area contributed by atoms with Crippen molar-refractivity contribution in [1.29, 1.82) is 0 Å². The summed E-state index contributed by atoms with van der Waals surface area (Å²) < 4.78 is 11.1. The van der Waals surface area contributed by atoms with E-state index in [0.29, 0.717) is 16.8 Å². The molecule has 1 atom stereocenters. The van der Waals surface area contributed by atoms with Crippen molar-refractivity contribution >= 4 is 28.6 Å². The highest BCUT2D eigenvalue weighted by Crippen LogP contribution is 2.39. The van der Waals surface area contributed by atoms with Crippen molar-refractivity contribution in [1.82, 2.24) is 15.5 Å². The molecule has 0 radical (unpaired) electrons. The third-order valence-electron chi connectivity index (χ3n) is 6.20. The minimum atomic E-state index is -0.224. The van der Waals surface area contributed by atoms with E-state index in [9.17, 15) is 0 Å². The van der Waals surface area contributed by atoms with E-state index >= 15 is 0 Å². The first kappa shape index (κ1) is 22.8. The van der Waals surface area contributed by atoms with Gasteiger partial charge in [-0.2, -0.15) is 4.98 Å². The van der Waals surface area contributed by atoms with Crippen LogP contribution in [-0.2, 0) is 6.42 Å². The van der Waals surface area contributed by atoms with Gasteiger partial charge in [0.1, 0.15) is 5.75 Å².